The van der Waals surface area contributed by atoms with Crippen LogP contribution in [-0.4, -0.2) is 14.7 Å². The maximum Gasteiger partial charge on any atom is 0.223 e. The molecule has 0 aliphatic carbocycles. The fourth-order valence-corrected chi connectivity index (χ4v) is 1.99. The Morgan fingerprint density at radius 2 is 2.12 bits per heavy atom. The third kappa shape index (κ3) is 1.82. The van der Waals surface area contributed by atoms with Gasteiger partial charge in [0.05, 0.1) is 6.54 Å². The lowest BCUT2D eigenvalue weighted by atomic mass is 10.2. The number of aryl methyl sites for hydroxylation is 2. The van der Waals surface area contributed by atoms with E-state index in [4.69, 9.17) is 4.52 Å². The highest BCUT2D eigenvalue weighted by Gasteiger charge is 2.06. The van der Waals surface area contributed by atoms with Gasteiger partial charge in [0.1, 0.15) is 0 Å². The molecule has 0 atom stereocenters. The van der Waals surface area contributed by atoms with E-state index in [1.54, 1.807) is 6.92 Å². The number of benzene rings is 1. The molecule has 0 saturated heterocycles. The van der Waals surface area contributed by atoms with Crippen molar-refractivity contribution >= 4 is 10.9 Å². The van der Waals surface area contributed by atoms with Gasteiger partial charge in [0, 0.05) is 18.6 Å². The van der Waals surface area contributed by atoms with Crippen LogP contribution < -0.4 is 0 Å². The summed E-state index contributed by atoms with van der Waals surface area (Å²) in [6, 6.07) is 8.51. The van der Waals surface area contributed by atoms with E-state index in [1.165, 1.54) is 16.5 Å². The van der Waals surface area contributed by atoms with Gasteiger partial charge in [0.15, 0.2) is 5.82 Å². The Morgan fingerprint density at radius 1 is 1.24 bits per heavy atom. The van der Waals surface area contributed by atoms with Crippen LogP contribution in [0.3, 0.4) is 0 Å². The topological polar surface area (TPSA) is 43.9 Å². The summed E-state index contributed by atoms with van der Waals surface area (Å²) >= 11 is 0. The van der Waals surface area contributed by atoms with Gasteiger partial charge in [-0.05, 0) is 30.0 Å². The van der Waals surface area contributed by atoms with Crippen molar-refractivity contribution in [3.8, 4) is 0 Å². The molecule has 17 heavy (non-hydrogen) atoms. The maximum atomic E-state index is 4.97. The highest BCUT2D eigenvalue weighted by Crippen LogP contribution is 2.18. The molecule has 4 nitrogen and oxygen atoms in total. The number of hydrogen-bond donors (Lipinski definition) is 0. The average molecular weight is 227 g/mol. The molecule has 0 N–H and O–H groups in total. The molecule has 0 fully saturated rings. The summed E-state index contributed by atoms with van der Waals surface area (Å²) < 4.78 is 7.11. The summed E-state index contributed by atoms with van der Waals surface area (Å²) in [6.07, 6.45) is 2.05. The average Bonchev–Trinajstić information content (AvgIpc) is 2.87. The van der Waals surface area contributed by atoms with Crippen molar-refractivity contribution in [2.45, 2.75) is 20.4 Å². The van der Waals surface area contributed by atoms with Crippen LogP contribution in [0.25, 0.3) is 10.9 Å². The van der Waals surface area contributed by atoms with Crippen molar-refractivity contribution in [1.29, 1.82) is 0 Å². The predicted molar refractivity (Wildman–Crippen MR) is 64.8 cm³/mol. The highest BCUT2D eigenvalue weighted by atomic mass is 16.5. The number of fused-ring (bicyclic) bond motifs is 1. The minimum absolute atomic E-state index is 0.604. The number of nitrogens with zero attached hydrogens (tertiary/aromatic N) is 3. The summed E-state index contributed by atoms with van der Waals surface area (Å²) in [5.74, 6) is 1.31. The van der Waals surface area contributed by atoms with Crippen molar-refractivity contribution in [3.05, 3.63) is 47.7 Å². The number of aromatic nitrogens is 3. The van der Waals surface area contributed by atoms with Crippen molar-refractivity contribution < 1.29 is 4.52 Å². The van der Waals surface area contributed by atoms with Crippen LogP contribution in [-0.2, 0) is 6.54 Å². The Hall–Kier alpha value is -2.10. The van der Waals surface area contributed by atoms with E-state index in [-0.39, 0.29) is 0 Å². The zero-order valence-corrected chi connectivity index (χ0v) is 9.84. The van der Waals surface area contributed by atoms with Crippen molar-refractivity contribution in [3.63, 3.8) is 0 Å². The Labute approximate surface area is 98.9 Å². The standard InChI is InChI=1S/C13H13N3O/c1-9-3-4-11-5-6-16(12(11)7-9)8-13-14-10(2)17-15-13/h3-7H,8H2,1-2H3. The molecule has 0 aliphatic rings. The van der Waals surface area contributed by atoms with Gasteiger partial charge in [-0.15, -0.1) is 0 Å². The fraction of sp³-hybridized carbons (Fsp3) is 0.231. The van der Waals surface area contributed by atoms with Crippen molar-refractivity contribution in [2.24, 2.45) is 0 Å². The van der Waals surface area contributed by atoms with Crippen LogP contribution >= 0.6 is 0 Å². The van der Waals surface area contributed by atoms with Gasteiger partial charge in [0.25, 0.3) is 0 Å². The van der Waals surface area contributed by atoms with E-state index in [0.717, 1.165) is 0 Å². The Balaban J connectivity index is 2.03. The Morgan fingerprint density at radius 3 is 2.88 bits per heavy atom. The quantitative estimate of drug-likeness (QED) is 0.676. The van der Waals surface area contributed by atoms with Gasteiger partial charge in [-0.2, -0.15) is 4.98 Å². The molecule has 86 valence electrons. The maximum absolute atomic E-state index is 4.97. The van der Waals surface area contributed by atoms with Gasteiger partial charge >= 0.3 is 0 Å². The van der Waals surface area contributed by atoms with Crippen LogP contribution in [0.5, 0.6) is 0 Å². The summed E-state index contributed by atoms with van der Waals surface area (Å²) in [6.45, 7) is 4.54. The van der Waals surface area contributed by atoms with Gasteiger partial charge in [-0.25, -0.2) is 0 Å². The molecule has 3 aromatic rings. The zero-order valence-electron chi connectivity index (χ0n) is 9.84. The van der Waals surface area contributed by atoms with Crippen LogP contribution in [0.2, 0.25) is 0 Å². The monoisotopic (exact) mass is 227 g/mol. The molecule has 2 aromatic heterocycles. The lowest BCUT2D eigenvalue weighted by Gasteiger charge is -2.02. The lowest BCUT2D eigenvalue weighted by Crippen LogP contribution is -1.99. The Bertz CT molecular complexity index is 666. The third-order valence-corrected chi connectivity index (χ3v) is 2.81. The molecule has 0 bridgehead atoms. The van der Waals surface area contributed by atoms with Crippen LogP contribution in [0.15, 0.2) is 35.0 Å². The highest BCUT2D eigenvalue weighted by molar-refractivity contribution is 5.80. The van der Waals surface area contributed by atoms with E-state index in [2.05, 4.69) is 52.1 Å². The fourth-order valence-electron chi connectivity index (χ4n) is 1.99. The second-order valence-corrected chi connectivity index (χ2v) is 4.24. The molecule has 1 aromatic carbocycles. The van der Waals surface area contributed by atoms with E-state index >= 15 is 0 Å². The molecule has 2 heterocycles. The minimum atomic E-state index is 0.604. The smallest absolute Gasteiger partial charge is 0.223 e. The zero-order chi connectivity index (χ0) is 11.8. The molecule has 4 heteroatoms. The molecule has 0 spiro atoms. The van der Waals surface area contributed by atoms with E-state index in [0.29, 0.717) is 18.3 Å². The van der Waals surface area contributed by atoms with Gasteiger partial charge in [-0.3, -0.25) is 0 Å². The van der Waals surface area contributed by atoms with E-state index in [1.807, 2.05) is 0 Å². The molecule has 0 saturated carbocycles. The molecule has 0 aliphatic heterocycles. The van der Waals surface area contributed by atoms with Gasteiger partial charge < -0.3 is 9.09 Å². The first-order valence-electron chi connectivity index (χ1n) is 5.57. The van der Waals surface area contributed by atoms with E-state index in [9.17, 15) is 0 Å². The van der Waals surface area contributed by atoms with Crippen LogP contribution in [0.4, 0.5) is 0 Å². The van der Waals surface area contributed by atoms with Crippen molar-refractivity contribution in [2.75, 3.05) is 0 Å². The van der Waals surface area contributed by atoms with Crippen molar-refractivity contribution in [1.82, 2.24) is 14.7 Å². The number of rotatable bonds is 2. The van der Waals surface area contributed by atoms with Crippen LogP contribution in [0.1, 0.15) is 17.3 Å². The van der Waals surface area contributed by atoms with Crippen LogP contribution in [0, 0.1) is 13.8 Å². The van der Waals surface area contributed by atoms with E-state index < -0.39 is 0 Å². The molecular formula is C13H13N3O. The normalized spacial score (nSPS) is 11.2. The molecule has 3 rings (SSSR count). The van der Waals surface area contributed by atoms with Gasteiger partial charge in [-0.1, -0.05) is 17.3 Å². The first-order valence-corrected chi connectivity index (χ1v) is 5.57. The lowest BCUT2D eigenvalue weighted by molar-refractivity contribution is 0.386. The summed E-state index contributed by atoms with van der Waals surface area (Å²) in [4.78, 5) is 4.22. The largest absolute Gasteiger partial charge is 0.340 e. The first kappa shape index (κ1) is 10.1. The summed E-state index contributed by atoms with van der Waals surface area (Å²) in [7, 11) is 0. The third-order valence-electron chi connectivity index (χ3n) is 2.81. The molecular weight excluding hydrogens is 214 g/mol. The second-order valence-electron chi connectivity index (χ2n) is 4.24. The molecule has 0 radical (unpaired) electrons. The summed E-state index contributed by atoms with van der Waals surface area (Å²) in [5, 5.41) is 5.15. The van der Waals surface area contributed by atoms with Gasteiger partial charge in [0.2, 0.25) is 5.89 Å². The predicted octanol–water partition coefficient (Wildman–Crippen LogP) is 2.69. The second kappa shape index (κ2) is 3.73. The Kier molecular flexibility index (Phi) is 2.21. The SMILES string of the molecule is Cc1ccc2ccn(Cc3noc(C)n3)c2c1. The minimum Gasteiger partial charge on any atom is -0.340 e. The molecule has 0 amide bonds. The number of hydrogen-bond acceptors (Lipinski definition) is 3. The first-order chi connectivity index (χ1) is 8.22. The molecule has 0 unspecified atom stereocenters. The summed E-state index contributed by atoms with van der Waals surface area (Å²) in [5.41, 5.74) is 2.45.